The molecule has 4 nitrogen and oxygen atoms in total. The summed E-state index contributed by atoms with van der Waals surface area (Å²) in [6, 6.07) is 6.60. The summed E-state index contributed by atoms with van der Waals surface area (Å²) in [5, 5.41) is 3.55. The van der Waals surface area contributed by atoms with Crippen LogP contribution in [0.3, 0.4) is 0 Å². The van der Waals surface area contributed by atoms with Crippen molar-refractivity contribution in [3.63, 3.8) is 0 Å². The minimum Gasteiger partial charge on any atom is -0.399 e. The predicted octanol–water partition coefficient (Wildman–Crippen LogP) is 1.51. The van der Waals surface area contributed by atoms with Crippen LogP contribution in [0.1, 0.15) is 23.6 Å². The van der Waals surface area contributed by atoms with Crippen LogP contribution in [0.5, 0.6) is 0 Å². The molecule has 2 rings (SSSR count). The van der Waals surface area contributed by atoms with Gasteiger partial charge in [0.15, 0.2) is 0 Å². The number of fused-ring (bicyclic) bond motifs is 1. The highest BCUT2D eigenvalue weighted by Crippen LogP contribution is 2.32. The standard InChI is InChI=1S/C14H22N2O2/c1-17-9-12(18-2)8-16-14-6-3-10-7-11(15)4-5-13(10)14/h4-5,7,12,14,16H,3,6,8-9,15H2,1-2H3. The first-order valence-corrected chi connectivity index (χ1v) is 6.38. The van der Waals surface area contributed by atoms with E-state index in [1.54, 1.807) is 14.2 Å². The summed E-state index contributed by atoms with van der Waals surface area (Å²) in [7, 11) is 3.41. The number of hydrogen-bond donors (Lipinski definition) is 2. The molecule has 0 saturated carbocycles. The van der Waals surface area contributed by atoms with Gasteiger partial charge in [0.1, 0.15) is 0 Å². The van der Waals surface area contributed by atoms with E-state index in [0.29, 0.717) is 12.6 Å². The summed E-state index contributed by atoms with van der Waals surface area (Å²) < 4.78 is 10.5. The Hall–Kier alpha value is -1.10. The van der Waals surface area contributed by atoms with Crippen molar-refractivity contribution in [1.82, 2.24) is 5.32 Å². The number of ether oxygens (including phenoxy) is 2. The molecule has 0 amide bonds. The van der Waals surface area contributed by atoms with Crippen molar-refractivity contribution in [3.05, 3.63) is 29.3 Å². The van der Waals surface area contributed by atoms with Gasteiger partial charge in [-0.2, -0.15) is 0 Å². The monoisotopic (exact) mass is 250 g/mol. The molecule has 0 aromatic heterocycles. The van der Waals surface area contributed by atoms with Gasteiger partial charge in [-0.25, -0.2) is 0 Å². The largest absolute Gasteiger partial charge is 0.399 e. The number of hydrogen-bond acceptors (Lipinski definition) is 4. The predicted molar refractivity (Wildman–Crippen MR) is 72.6 cm³/mol. The zero-order valence-corrected chi connectivity index (χ0v) is 11.1. The first kappa shape index (κ1) is 13.3. The molecule has 0 bridgehead atoms. The third-order valence-electron chi connectivity index (χ3n) is 3.52. The third-order valence-corrected chi connectivity index (χ3v) is 3.52. The van der Waals surface area contributed by atoms with Gasteiger partial charge in [-0.1, -0.05) is 6.07 Å². The van der Waals surface area contributed by atoms with E-state index in [4.69, 9.17) is 15.2 Å². The molecular formula is C14H22N2O2. The molecule has 1 aliphatic carbocycles. The van der Waals surface area contributed by atoms with Crippen molar-refractivity contribution in [1.29, 1.82) is 0 Å². The molecule has 0 radical (unpaired) electrons. The van der Waals surface area contributed by atoms with E-state index >= 15 is 0 Å². The van der Waals surface area contributed by atoms with Crippen LogP contribution in [0.4, 0.5) is 5.69 Å². The van der Waals surface area contributed by atoms with Gasteiger partial charge in [-0.3, -0.25) is 0 Å². The molecule has 1 aromatic carbocycles. The number of anilines is 1. The SMILES string of the molecule is COCC(CNC1CCc2cc(N)ccc21)OC. The molecule has 3 N–H and O–H groups in total. The second kappa shape index (κ2) is 6.18. The number of nitrogens with two attached hydrogens (primary N) is 1. The maximum Gasteiger partial charge on any atom is 0.0928 e. The second-order valence-electron chi connectivity index (χ2n) is 4.77. The summed E-state index contributed by atoms with van der Waals surface area (Å²) in [5.74, 6) is 0. The minimum absolute atomic E-state index is 0.104. The molecule has 1 aromatic rings. The van der Waals surface area contributed by atoms with Crippen LogP contribution in [0.2, 0.25) is 0 Å². The van der Waals surface area contributed by atoms with Crippen molar-refractivity contribution in [2.75, 3.05) is 33.1 Å². The fourth-order valence-electron chi connectivity index (χ4n) is 2.52. The molecule has 2 unspecified atom stereocenters. The molecule has 0 heterocycles. The number of nitrogens with one attached hydrogen (secondary N) is 1. The third kappa shape index (κ3) is 3.02. The Kier molecular flexibility index (Phi) is 4.58. The minimum atomic E-state index is 0.104. The van der Waals surface area contributed by atoms with Crippen molar-refractivity contribution in [2.45, 2.75) is 25.0 Å². The van der Waals surface area contributed by atoms with Gasteiger partial charge in [0.25, 0.3) is 0 Å². The normalized spacial score (nSPS) is 19.8. The molecule has 0 spiro atoms. The van der Waals surface area contributed by atoms with E-state index < -0.39 is 0 Å². The Bertz CT molecular complexity index is 395. The number of nitrogen functional groups attached to an aromatic ring is 1. The van der Waals surface area contributed by atoms with Crippen molar-refractivity contribution in [3.8, 4) is 0 Å². The molecule has 0 aliphatic heterocycles. The van der Waals surface area contributed by atoms with Gasteiger partial charge in [0, 0.05) is 32.5 Å². The second-order valence-corrected chi connectivity index (χ2v) is 4.77. The van der Waals surface area contributed by atoms with Crippen LogP contribution in [-0.4, -0.2) is 33.5 Å². The summed E-state index contributed by atoms with van der Waals surface area (Å²) in [6.07, 6.45) is 2.33. The van der Waals surface area contributed by atoms with Crippen LogP contribution in [-0.2, 0) is 15.9 Å². The van der Waals surface area contributed by atoms with E-state index in [-0.39, 0.29) is 6.10 Å². The van der Waals surface area contributed by atoms with Crippen molar-refractivity contribution in [2.24, 2.45) is 0 Å². The topological polar surface area (TPSA) is 56.5 Å². The Morgan fingerprint density at radius 2 is 2.28 bits per heavy atom. The van der Waals surface area contributed by atoms with Gasteiger partial charge in [-0.05, 0) is 36.1 Å². The quantitative estimate of drug-likeness (QED) is 0.751. The lowest BCUT2D eigenvalue weighted by Crippen LogP contribution is -2.33. The molecule has 4 heteroatoms. The number of methoxy groups -OCH3 is 2. The van der Waals surface area contributed by atoms with Crippen molar-refractivity contribution >= 4 is 5.69 Å². The van der Waals surface area contributed by atoms with Crippen molar-refractivity contribution < 1.29 is 9.47 Å². The van der Waals surface area contributed by atoms with Crippen LogP contribution < -0.4 is 11.1 Å². The van der Waals surface area contributed by atoms with Crippen LogP contribution in [0, 0.1) is 0 Å². The zero-order valence-electron chi connectivity index (χ0n) is 11.1. The molecule has 18 heavy (non-hydrogen) atoms. The Morgan fingerprint density at radius 1 is 1.44 bits per heavy atom. The maximum absolute atomic E-state index is 5.80. The van der Waals surface area contributed by atoms with Crippen LogP contribution >= 0.6 is 0 Å². The summed E-state index contributed by atoms with van der Waals surface area (Å²) in [4.78, 5) is 0. The van der Waals surface area contributed by atoms with E-state index in [2.05, 4.69) is 17.4 Å². The number of rotatable bonds is 6. The average Bonchev–Trinajstić information content (AvgIpc) is 2.76. The van der Waals surface area contributed by atoms with Gasteiger partial charge in [0.05, 0.1) is 12.7 Å². The molecule has 0 saturated heterocycles. The van der Waals surface area contributed by atoms with E-state index in [9.17, 15) is 0 Å². The number of benzene rings is 1. The molecular weight excluding hydrogens is 228 g/mol. The molecule has 2 atom stereocenters. The lowest BCUT2D eigenvalue weighted by Gasteiger charge is -2.19. The van der Waals surface area contributed by atoms with Gasteiger partial charge in [-0.15, -0.1) is 0 Å². The Balaban J connectivity index is 1.93. The highest BCUT2D eigenvalue weighted by molar-refractivity contribution is 5.47. The van der Waals surface area contributed by atoms with E-state index in [1.807, 2.05) is 6.07 Å². The molecule has 1 aliphatic rings. The Morgan fingerprint density at radius 3 is 3.00 bits per heavy atom. The van der Waals surface area contributed by atoms with Gasteiger partial charge >= 0.3 is 0 Å². The first-order chi connectivity index (χ1) is 8.74. The lowest BCUT2D eigenvalue weighted by molar-refractivity contribution is 0.0273. The average molecular weight is 250 g/mol. The molecule has 0 fully saturated rings. The van der Waals surface area contributed by atoms with Crippen LogP contribution in [0.15, 0.2) is 18.2 Å². The van der Waals surface area contributed by atoms with Crippen LogP contribution in [0.25, 0.3) is 0 Å². The van der Waals surface area contributed by atoms with E-state index in [1.165, 1.54) is 11.1 Å². The maximum atomic E-state index is 5.80. The first-order valence-electron chi connectivity index (χ1n) is 6.38. The highest BCUT2D eigenvalue weighted by atomic mass is 16.5. The highest BCUT2D eigenvalue weighted by Gasteiger charge is 2.22. The fraction of sp³-hybridized carbons (Fsp3) is 0.571. The lowest BCUT2D eigenvalue weighted by atomic mass is 10.1. The number of aryl methyl sites for hydroxylation is 1. The summed E-state index contributed by atoms with van der Waals surface area (Å²) in [5.41, 5.74) is 9.39. The zero-order chi connectivity index (χ0) is 13.0. The van der Waals surface area contributed by atoms with Gasteiger partial charge in [0.2, 0.25) is 0 Å². The summed E-state index contributed by atoms with van der Waals surface area (Å²) >= 11 is 0. The molecule has 100 valence electrons. The Labute approximate surface area is 108 Å². The smallest absolute Gasteiger partial charge is 0.0928 e. The van der Waals surface area contributed by atoms with E-state index in [0.717, 1.165) is 25.1 Å². The van der Waals surface area contributed by atoms with Gasteiger partial charge < -0.3 is 20.5 Å². The summed E-state index contributed by atoms with van der Waals surface area (Å²) in [6.45, 7) is 1.42. The fourth-order valence-corrected chi connectivity index (χ4v) is 2.52.